The predicted molar refractivity (Wildman–Crippen MR) is 89.7 cm³/mol. The van der Waals surface area contributed by atoms with Crippen molar-refractivity contribution in [1.29, 1.82) is 5.41 Å². The van der Waals surface area contributed by atoms with Gasteiger partial charge in [-0.3, -0.25) is 5.41 Å². The molecule has 0 radical (unpaired) electrons. The molecule has 4 heteroatoms. The molecule has 0 bridgehead atoms. The molecule has 2 rings (SSSR count). The first-order chi connectivity index (χ1) is 10.1. The summed E-state index contributed by atoms with van der Waals surface area (Å²) in [5.74, 6) is 0.321. The number of aliphatic imine (C=N–C) groups is 1. The number of amidine groups is 1. The third-order valence-electron chi connectivity index (χ3n) is 3.69. The van der Waals surface area contributed by atoms with Crippen LogP contribution < -0.4 is 5.73 Å². The molecule has 0 saturated carbocycles. The van der Waals surface area contributed by atoms with Gasteiger partial charge in [0, 0.05) is 36.5 Å². The molecule has 21 heavy (non-hydrogen) atoms. The summed E-state index contributed by atoms with van der Waals surface area (Å²) < 4.78 is 0. The van der Waals surface area contributed by atoms with E-state index in [-0.39, 0.29) is 0 Å². The van der Waals surface area contributed by atoms with Crippen LogP contribution in [-0.4, -0.2) is 36.6 Å². The molecule has 1 fully saturated rings. The van der Waals surface area contributed by atoms with E-state index < -0.39 is 0 Å². The number of nitrogens with zero attached hydrogens (tertiary/aromatic N) is 2. The standard InChI is InChI=1S/C17H22N4/c1-4-6-7-12(5-2)15(18)10-13-14-11-21(3)9-8-16(14)20-17(13)19/h4-7,10,19H,1,8-9,11,18H2,2-3H3/b7-6-,12-5+,15-10-,19-17?. The summed E-state index contributed by atoms with van der Waals surface area (Å²) >= 11 is 0. The molecule has 0 aromatic rings. The summed E-state index contributed by atoms with van der Waals surface area (Å²) in [5.41, 5.74) is 10.8. The fourth-order valence-corrected chi connectivity index (χ4v) is 2.52. The highest BCUT2D eigenvalue weighted by Crippen LogP contribution is 2.25. The average Bonchev–Trinajstić information content (AvgIpc) is 2.76. The van der Waals surface area contributed by atoms with Gasteiger partial charge in [-0.15, -0.1) is 0 Å². The Morgan fingerprint density at radius 1 is 1.48 bits per heavy atom. The number of allylic oxidation sites excluding steroid dienone is 4. The number of rotatable bonds is 4. The second-order valence-corrected chi connectivity index (χ2v) is 5.23. The average molecular weight is 282 g/mol. The Hall–Kier alpha value is -2.20. The van der Waals surface area contributed by atoms with Gasteiger partial charge in [0.1, 0.15) is 0 Å². The Balaban J connectivity index is 2.34. The first-order valence-electron chi connectivity index (χ1n) is 7.08. The topological polar surface area (TPSA) is 65.5 Å². The number of hydrogen-bond donors (Lipinski definition) is 2. The zero-order valence-electron chi connectivity index (χ0n) is 12.7. The van der Waals surface area contributed by atoms with Gasteiger partial charge in [-0.1, -0.05) is 30.9 Å². The Kier molecular flexibility index (Phi) is 4.70. The molecule has 2 aliphatic rings. The summed E-state index contributed by atoms with van der Waals surface area (Å²) in [5, 5.41) is 8.08. The summed E-state index contributed by atoms with van der Waals surface area (Å²) in [4.78, 5) is 6.61. The van der Waals surface area contributed by atoms with Gasteiger partial charge in [-0.2, -0.15) is 0 Å². The van der Waals surface area contributed by atoms with E-state index in [0.717, 1.165) is 41.9 Å². The fraction of sp³-hybridized carbons (Fsp3) is 0.294. The van der Waals surface area contributed by atoms with Crippen LogP contribution in [0.1, 0.15) is 13.3 Å². The SMILES string of the molecule is C=C\C=C/C(=C\C)C(/N)=C/C1=C2CN(C)CCC2=NC1=N. The van der Waals surface area contributed by atoms with Crippen molar-refractivity contribution in [2.75, 3.05) is 20.1 Å². The van der Waals surface area contributed by atoms with Crippen LogP contribution in [-0.2, 0) is 0 Å². The largest absolute Gasteiger partial charge is 0.398 e. The maximum Gasteiger partial charge on any atom is 0.152 e. The van der Waals surface area contributed by atoms with E-state index in [0.29, 0.717) is 11.5 Å². The normalized spacial score (nSPS) is 21.0. The monoisotopic (exact) mass is 282 g/mol. The van der Waals surface area contributed by atoms with Gasteiger partial charge in [0.25, 0.3) is 0 Å². The molecule has 0 aromatic carbocycles. The highest BCUT2D eigenvalue weighted by atomic mass is 15.1. The predicted octanol–water partition coefficient (Wildman–Crippen LogP) is 2.58. The summed E-state index contributed by atoms with van der Waals surface area (Å²) in [6.45, 7) is 7.42. The van der Waals surface area contributed by atoms with Crippen LogP contribution in [0.15, 0.2) is 64.4 Å². The van der Waals surface area contributed by atoms with Gasteiger partial charge in [-0.05, 0) is 31.2 Å². The van der Waals surface area contributed by atoms with E-state index >= 15 is 0 Å². The highest BCUT2D eigenvalue weighted by Gasteiger charge is 2.27. The summed E-state index contributed by atoms with van der Waals surface area (Å²) in [7, 11) is 2.08. The molecule has 0 amide bonds. The molecule has 0 atom stereocenters. The smallest absolute Gasteiger partial charge is 0.152 e. The molecule has 0 spiro atoms. The molecular formula is C17H22N4. The van der Waals surface area contributed by atoms with Gasteiger partial charge < -0.3 is 10.6 Å². The fourth-order valence-electron chi connectivity index (χ4n) is 2.52. The number of piperidine rings is 1. The van der Waals surface area contributed by atoms with Crippen LogP contribution in [0.5, 0.6) is 0 Å². The molecule has 1 saturated heterocycles. The number of nitrogens with two attached hydrogens (primary N) is 1. The molecule has 2 aliphatic heterocycles. The first-order valence-corrected chi connectivity index (χ1v) is 7.08. The molecule has 0 aliphatic carbocycles. The van der Waals surface area contributed by atoms with E-state index in [9.17, 15) is 0 Å². The second-order valence-electron chi connectivity index (χ2n) is 5.23. The van der Waals surface area contributed by atoms with Gasteiger partial charge >= 0.3 is 0 Å². The molecule has 2 heterocycles. The molecule has 0 unspecified atom stereocenters. The Morgan fingerprint density at radius 2 is 2.24 bits per heavy atom. The van der Waals surface area contributed by atoms with Crippen molar-refractivity contribution in [2.45, 2.75) is 13.3 Å². The van der Waals surface area contributed by atoms with Crippen LogP contribution in [0.3, 0.4) is 0 Å². The molecule has 110 valence electrons. The minimum absolute atomic E-state index is 0.321. The zero-order chi connectivity index (χ0) is 15.4. The Labute approximate surface area is 126 Å². The Bertz CT molecular complexity index is 615. The maximum absolute atomic E-state index is 8.08. The summed E-state index contributed by atoms with van der Waals surface area (Å²) in [6, 6.07) is 0. The van der Waals surface area contributed by atoms with Crippen molar-refractivity contribution < 1.29 is 0 Å². The van der Waals surface area contributed by atoms with Crippen LogP contribution >= 0.6 is 0 Å². The van der Waals surface area contributed by atoms with Crippen LogP contribution in [0, 0.1) is 5.41 Å². The molecule has 4 nitrogen and oxygen atoms in total. The van der Waals surface area contributed by atoms with Gasteiger partial charge in [0.15, 0.2) is 5.84 Å². The first kappa shape index (κ1) is 15.2. The number of likely N-dealkylation sites (N-methyl/N-ethyl adjacent to an activating group) is 1. The van der Waals surface area contributed by atoms with E-state index in [1.807, 2.05) is 31.2 Å². The van der Waals surface area contributed by atoms with E-state index in [1.54, 1.807) is 6.08 Å². The quantitative estimate of drug-likeness (QED) is 0.778. The number of likely N-dealkylation sites (tertiary alicyclic amines) is 1. The third-order valence-corrected chi connectivity index (χ3v) is 3.69. The number of fused-ring (bicyclic) bond motifs is 1. The molecule has 3 N–H and O–H groups in total. The molecule has 0 aromatic heterocycles. The lowest BCUT2D eigenvalue weighted by atomic mass is 9.98. The number of hydrogen-bond acceptors (Lipinski definition) is 3. The summed E-state index contributed by atoms with van der Waals surface area (Å²) in [6.07, 6.45) is 10.2. The van der Waals surface area contributed by atoms with Crippen molar-refractivity contribution in [3.63, 3.8) is 0 Å². The minimum atomic E-state index is 0.321. The van der Waals surface area contributed by atoms with Crippen LogP contribution in [0.25, 0.3) is 0 Å². The molecular weight excluding hydrogens is 260 g/mol. The Morgan fingerprint density at radius 3 is 2.90 bits per heavy atom. The van der Waals surface area contributed by atoms with Gasteiger partial charge in [0.2, 0.25) is 0 Å². The third kappa shape index (κ3) is 3.28. The second kappa shape index (κ2) is 6.50. The van der Waals surface area contributed by atoms with Gasteiger partial charge in [-0.25, -0.2) is 4.99 Å². The van der Waals surface area contributed by atoms with Crippen molar-refractivity contribution in [3.8, 4) is 0 Å². The lowest BCUT2D eigenvalue weighted by Crippen LogP contribution is -2.32. The van der Waals surface area contributed by atoms with Crippen molar-refractivity contribution in [1.82, 2.24) is 4.90 Å². The van der Waals surface area contributed by atoms with Crippen molar-refractivity contribution >= 4 is 11.5 Å². The van der Waals surface area contributed by atoms with Crippen molar-refractivity contribution in [3.05, 3.63) is 59.4 Å². The van der Waals surface area contributed by atoms with E-state index in [4.69, 9.17) is 11.1 Å². The zero-order valence-corrected chi connectivity index (χ0v) is 12.7. The van der Waals surface area contributed by atoms with E-state index in [1.165, 1.54) is 0 Å². The van der Waals surface area contributed by atoms with Crippen LogP contribution in [0.4, 0.5) is 0 Å². The lowest BCUT2D eigenvalue weighted by Gasteiger charge is -2.24. The van der Waals surface area contributed by atoms with Crippen LogP contribution in [0.2, 0.25) is 0 Å². The maximum atomic E-state index is 8.08. The van der Waals surface area contributed by atoms with Gasteiger partial charge in [0.05, 0.1) is 0 Å². The van der Waals surface area contributed by atoms with Crippen molar-refractivity contribution in [2.24, 2.45) is 10.7 Å². The number of nitrogens with one attached hydrogen (secondary N) is 1. The highest BCUT2D eigenvalue weighted by molar-refractivity contribution is 6.22. The lowest BCUT2D eigenvalue weighted by molar-refractivity contribution is 0.365. The minimum Gasteiger partial charge on any atom is -0.398 e. The van der Waals surface area contributed by atoms with E-state index in [2.05, 4.69) is 23.5 Å².